The molecule has 0 bridgehead atoms. The highest BCUT2D eigenvalue weighted by atomic mass is 35.5. The highest BCUT2D eigenvalue weighted by molar-refractivity contribution is 7.92. The molecule has 1 aliphatic rings. The van der Waals surface area contributed by atoms with E-state index in [0.29, 0.717) is 23.8 Å². The maximum absolute atomic E-state index is 13.2. The Morgan fingerprint density at radius 1 is 1.10 bits per heavy atom. The van der Waals surface area contributed by atoms with Crippen LogP contribution < -0.4 is 4.31 Å². The van der Waals surface area contributed by atoms with Gasteiger partial charge in [-0.15, -0.1) is 0 Å². The second-order valence-electron chi connectivity index (χ2n) is 7.75. The van der Waals surface area contributed by atoms with Gasteiger partial charge in [-0.25, -0.2) is 8.42 Å². The number of nitrogens with zero attached hydrogens (tertiary/aromatic N) is 3. The molecule has 0 spiro atoms. The molecule has 30 heavy (non-hydrogen) atoms. The van der Waals surface area contributed by atoms with Gasteiger partial charge in [0.25, 0.3) is 0 Å². The van der Waals surface area contributed by atoms with Crippen molar-refractivity contribution < 1.29 is 13.2 Å². The number of piperazine rings is 1. The Morgan fingerprint density at radius 3 is 2.33 bits per heavy atom. The molecule has 8 heteroatoms. The molecule has 1 aliphatic heterocycles. The fourth-order valence-corrected chi connectivity index (χ4v) is 5.21. The number of hydrogen-bond donors (Lipinski definition) is 0. The van der Waals surface area contributed by atoms with Crippen molar-refractivity contribution in [3.63, 3.8) is 0 Å². The molecule has 3 rings (SSSR count). The maximum atomic E-state index is 13.2. The van der Waals surface area contributed by atoms with Crippen LogP contribution in [0.3, 0.4) is 0 Å². The molecule has 1 heterocycles. The number of hydrogen-bond acceptors (Lipinski definition) is 4. The fourth-order valence-electron chi connectivity index (χ4n) is 3.83. The number of rotatable bonds is 6. The number of aryl methyl sites for hydroxylation is 1. The molecule has 0 aliphatic carbocycles. The smallest absolute Gasteiger partial charge is 0.246 e. The molecule has 0 N–H and O–H groups in total. The van der Waals surface area contributed by atoms with Gasteiger partial charge in [0.2, 0.25) is 15.9 Å². The number of carbonyl (C=O) groups is 1. The van der Waals surface area contributed by atoms with Gasteiger partial charge >= 0.3 is 0 Å². The van der Waals surface area contributed by atoms with Crippen LogP contribution in [0.15, 0.2) is 48.5 Å². The van der Waals surface area contributed by atoms with Gasteiger partial charge in [-0.1, -0.05) is 48.0 Å². The first-order chi connectivity index (χ1) is 14.2. The second-order valence-corrected chi connectivity index (χ2v) is 10.0. The van der Waals surface area contributed by atoms with Crippen molar-refractivity contribution in [2.45, 2.75) is 26.4 Å². The van der Waals surface area contributed by atoms with Crippen molar-refractivity contribution in [2.75, 3.05) is 36.7 Å². The number of sulfonamides is 1. The third kappa shape index (κ3) is 5.33. The predicted octanol–water partition coefficient (Wildman–Crippen LogP) is 3.15. The topological polar surface area (TPSA) is 60.9 Å². The lowest BCUT2D eigenvalue weighted by Crippen LogP contribution is -2.55. The zero-order valence-electron chi connectivity index (χ0n) is 17.6. The minimum atomic E-state index is -3.67. The van der Waals surface area contributed by atoms with Crippen LogP contribution in [0.2, 0.25) is 5.02 Å². The second kappa shape index (κ2) is 9.37. The van der Waals surface area contributed by atoms with Gasteiger partial charge in [-0.3, -0.25) is 14.0 Å². The molecule has 1 atom stereocenters. The minimum Gasteiger partial charge on any atom is -0.338 e. The Bertz CT molecular complexity index is 990. The normalized spacial score (nSPS) is 16.3. The van der Waals surface area contributed by atoms with Gasteiger partial charge in [0, 0.05) is 37.7 Å². The summed E-state index contributed by atoms with van der Waals surface area (Å²) in [6, 6.07) is 14.4. The van der Waals surface area contributed by atoms with Crippen molar-refractivity contribution in [3.8, 4) is 0 Å². The van der Waals surface area contributed by atoms with Gasteiger partial charge in [0.1, 0.15) is 6.04 Å². The van der Waals surface area contributed by atoms with Crippen LogP contribution >= 0.6 is 11.6 Å². The third-order valence-electron chi connectivity index (χ3n) is 5.41. The molecule has 1 unspecified atom stereocenters. The molecule has 162 valence electrons. The average Bonchev–Trinajstić information content (AvgIpc) is 2.70. The average molecular weight is 450 g/mol. The zero-order chi connectivity index (χ0) is 21.9. The first-order valence-corrected chi connectivity index (χ1v) is 12.2. The van der Waals surface area contributed by atoms with Crippen molar-refractivity contribution in [3.05, 3.63) is 64.7 Å². The Morgan fingerprint density at radius 2 is 1.73 bits per heavy atom. The van der Waals surface area contributed by atoms with Crippen LogP contribution in [0.4, 0.5) is 5.69 Å². The number of benzene rings is 2. The molecular formula is C22H28ClN3O3S. The molecule has 1 amide bonds. The summed E-state index contributed by atoms with van der Waals surface area (Å²) in [6.07, 6.45) is 1.12. The molecule has 0 radical (unpaired) electrons. The lowest BCUT2D eigenvalue weighted by Gasteiger charge is -2.38. The quantitative estimate of drug-likeness (QED) is 0.679. The fraction of sp³-hybridized carbons (Fsp3) is 0.409. The van der Waals surface area contributed by atoms with E-state index >= 15 is 0 Å². The van der Waals surface area contributed by atoms with Crippen LogP contribution in [0.25, 0.3) is 0 Å². The zero-order valence-corrected chi connectivity index (χ0v) is 19.2. The lowest BCUT2D eigenvalue weighted by atomic mass is 10.1. The summed E-state index contributed by atoms with van der Waals surface area (Å²) in [5, 5.41) is 0.429. The third-order valence-corrected chi connectivity index (χ3v) is 6.87. The van der Waals surface area contributed by atoms with Crippen LogP contribution in [0.1, 0.15) is 18.1 Å². The number of carbonyl (C=O) groups excluding carboxylic acids is 1. The summed E-state index contributed by atoms with van der Waals surface area (Å²) in [5.74, 6) is -0.195. The first kappa shape index (κ1) is 22.6. The standard InChI is InChI=1S/C22H28ClN3O3S/c1-17-9-10-20(23)15-21(17)26(30(3,28)29)18(2)22(27)25-13-11-24(12-14-25)16-19-7-5-4-6-8-19/h4-10,15,18H,11-14,16H2,1-3H3. The Balaban J connectivity index is 1.71. The Labute approximate surface area is 184 Å². The summed E-state index contributed by atoms with van der Waals surface area (Å²) in [5.41, 5.74) is 2.43. The highest BCUT2D eigenvalue weighted by Crippen LogP contribution is 2.29. The molecule has 6 nitrogen and oxygen atoms in total. The SMILES string of the molecule is Cc1ccc(Cl)cc1N(C(C)C(=O)N1CCN(Cc2ccccc2)CC1)S(C)(=O)=O. The van der Waals surface area contributed by atoms with Gasteiger partial charge < -0.3 is 4.90 Å². The molecule has 2 aromatic carbocycles. The Hall–Kier alpha value is -2.09. The number of anilines is 1. The minimum absolute atomic E-state index is 0.195. The van der Waals surface area contributed by atoms with Gasteiger partial charge in [0.05, 0.1) is 11.9 Å². The van der Waals surface area contributed by atoms with Crippen LogP contribution in [0, 0.1) is 6.92 Å². The van der Waals surface area contributed by atoms with Crippen LogP contribution in [0.5, 0.6) is 0 Å². The highest BCUT2D eigenvalue weighted by Gasteiger charge is 2.34. The van der Waals surface area contributed by atoms with E-state index in [1.165, 1.54) is 9.87 Å². The number of halogens is 1. The molecule has 1 fully saturated rings. The summed E-state index contributed by atoms with van der Waals surface area (Å²) >= 11 is 6.10. The predicted molar refractivity (Wildman–Crippen MR) is 121 cm³/mol. The van der Waals surface area contributed by atoms with Crippen molar-refractivity contribution in [1.82, 2.24) is 9.80 Å². The Kier molecular flexibility index (Phi) is 7.06. The van der Waals surface area contributed by atoms with E-state index in [0.717, 1.165) is 31.5 Å². The van der Waals surface area contributed by atoms with Crippen LogP contribution in [-0.4, -0.2) is 62.6 Å². The summed E-state index contributed by atoms with van der Waals surface area (Å²) in [6.45, 7) is 6.94. The lowest BCUT2D eigenvalue weighted by molar-refractivity contribution is -0.133. The van der Waals surface area contributed by atoms with E-state index in [9.17, 15) is 13.2 Å². The molecule has 2 aromatic rings. The van der Waals surface area contributed by atoms with E-state index in [1.54, 1.807) is 30.0 Å². The van der Waals surface area contributed by atoms with E-state index in [-0.39, 0.29) is 5.91 Å². The molecular weight excluding hydrogens is 422 g/mol. The number of amides is 1. The summed E-state index contributed by atoms with van der Waals surface area (Å²) < 4.78 is 26.4. The molecule has 0 saturated carbocycles. The summed E-state index contributed by atoms with van der Waals surface area (Å²) in [4.78, 5) is 17.2. The summed E-state index contributed by atoms with van der Waals surface area (Å²) in [7, 11) is -3.67. The van der Waals surface area contributed by atoms with E-state index in [4.69, 9.17) is 11.6 Å². The molecule has 1 saturated heterocycles. The van der Waals surface area contributed by atoms with Crippen molar-refractivity contribution in [1.29, 1.82) is 0 Å². The maximum Gasteiger partial charge on any atom is 0.246 e. The van der Waals surface area contributed by atoms with E-state index < -0.39 is 16.1 Å². The van der Waals surface area contributed by atoms with Gasteiger partial charge in [-0.2, -0.15) is 0 Å². The van der Waals surface area contributed by atoms with Gasteiger partial charge in [-0.05, 0) is 37.1 Å². The van der Waals surface area contributed by atoms with Crippen molar-refractivity contribution in [2.24, 2.45) is 0 Å². The van der Waals surface area contributed by atoms with Crippen LogP contribution in [-0.2, 0) is 21.4 Å². The largest absolute Gasteiger partial charge is 0.338 e. The van der Waals surface area contributed by atoms with E-state index in [2.05, 4.69) is 17.0 Å². The first-order valence-electron chi connectivity index (χ1n) is 9.97. The monoisotopic (exact) mass is 449 g/mol. The molecule has 0 aromatic heterocycles. The van der Waals surface area contributed by atoms with Gasteiger partial charge in [0.15, 0.2) is 0 Å². The van der Waals surface area contributed by atoms with Crippen molar-refractivity contribution >= 4 is 33.2 Å². The van der Waals surface area contributed by atoms with E-state index in [1.807, 2.05) is 25.1 Å².